The lowest BCUT2D eigenvalue weighted by molar-refractivity contribution is -0.112. The van der Waals surface area contributed by atoms with Gasteiger partial charge in [0.15, 0.2) is 0 Å². The number of ketones is 1. The van der Waals surface area contributed by atoms with E-state index in [1.54, 1.807) is 24.3 Å². The molecule has 1 aliphatic rings. The molecular formula is C25H16FNO2. The zero-order valence-electron chi connectivity index (χ0n) is 15.4. The Labute approximate surface area is 167 Å². The molecule has 0 saturated carbocycles. The second-order valence-corrected chi connectivity index (χ2v) is 6.62. The van der Waals surface area contributed by atoms with Crippen LogP contribution in [0.15, 0.2) is 78.4 Å². The van der Waals surface area contributed by atoms with Gasteiger partial charge in [0.05, 0.1) is 11.3 Å². The van der Waals surface area contributed by atoms with E-state index in [0.29, 0.717) is 28.8 Å². The largest absolute Gasteiger partial charge is 0.321 e. The first-order valence-electron chi connectivity index (χ1n) is 9.10. The standard InChI is InChI=1S/C25H16FNO2/c26-20-11-5-10-19(14-20)16-22-24(28)21-15-18(12-13-23(21)27-25(22)29)9-4-8-17-6-2-1-3-7-17/h1-3,5-7,10-16H,8H2,(H,27,29)/b22-16-. The summed E-state index contributed by atoms with van der Waals surface area (Å²) in [6.07, 6.45) is 2.00. The van der Waals surface area contributed by atoms with Crippen molar-refractivity contribution in [1.29, 1.82) is 0 Å². The number of nitrogens with one attached hydrogen (secondary N) is 1. The molecule has 1 N–H and O–H groups in total. The Morgan fingerprint density at radius 3 is 2.55 bits per heavy atom. The van der Waals surface area contributed by atoms with Crippen molar-refractivity contribution in [3.63, 3.8) is 0 Å². The Kier molecular flexibility index (Phi) is 5.05. The molecular weight excluding hydrogens is 365 g/mol. The summed E-state index contributed by atoms with van der Waals surface area (Å²) >= 11 is 0. The van der Waals surface area contributed by atoms with Crippen molar-refractivity contribution >= 4 is 23.5 Å². The Hall–Kier alpha value is -3.97. The SMILES string of the molecule is O=C1Nc2ccc(C#CCc3ccccc3)cc2C(=O)/C1=C/c1cccc(F)c1. The highest BCUT2D eigenvalue weighted by Gasteiger charge is 2.28. The molecule has 3 aromatic rings. The topological polar surface area (TPSA) is 46.2 Å². The Balaban J connectivity index is 1.62. The van der Waals surface area contributed by atoms with Gasteiger partial charge in [-0.05, 0) is 47.5 Å². The average Bonchev–Trinajstić information content (AvgIpc) is 2.72. The lowest BCUT2D eigenvalue weighted by Crippen LogP contribution is -2.27. The van der Waals surface area contributed by atoms with Crippen LogP contribution in [0.3, 0.4) is 0 Å². The number of Topliss-reactive ketones (excluding diaryl/α,β-unsaturated/α-hetero) is 1. The summed E-state index contributed by atoms with van der Waals surface area (Å²) in [5.41, 5.74) is 3.04. The number of anilines is 1. The molecule has 140 valence electrons. The van der Waals surface area contributed by atoms with Gasteiger partial charge < -0.3 is 5.32 Å². The minimum atomic E-state index is -0.505. The minimum absolute atomic E-state index is 0.0301. The third-order valence-electron chi connectivity index (χ3n) is 4.53. The number of amides is 1. The molecule has 0 unspecified atom stereocenters. The number of benzene rings is 3. The predicted molar refractivity (Wildman–Crippen MR) is 111 cm³/mol. The Bertz CT molecular complexity index is 1200. The van der Waals surface area contributed by atoms with E-state index in [9.17, 15) is 14.0 Å². The van der Waals surface area contributed by atoms with E-state index in [2.05, 4.69) is 17.2 Å². The number of carbonyl (C=O) groups excluding carboxylic acids is 2. The van der Waals surface area contributed by atoms with E-state index >= 15 is 0 Å². The van der Waals surface area contributed by atoms with E-state index in [0.717, 1.165) is 5.56 Å². The van der Waals surface area contributed by atoms with Crippen LogP contribution >= 0.6 is 0 Å². The highest BCUT2D eigenvalue weighted by atomic mass is 19.1. The molecule has 0 bridgehead atoms. The first-order chi connectivity index (χ1) is 14.1. The smallest absolute Gasteiger partial charge is 0.259 e. The molecule has 4 heteroatoms. The predicted octanol–water partition coefficient (Wildman–Crippen LogP) is 4.64. The molecule has 4 rings (SSSR count). The van der Waals surface area contributed by atoms with Gasteiger partial charge in [-0.2, -0.15) is 0 Å². The molecule has 3 nitrogen and oxygen atoms in total. The Morgan fingerprint density at radius 2 is 1.76 bits per heavy atom. The van der Waals surface area contributed by atoms with Crippen molar-refractivity contribution in [3.8, 4) is 11.8 Å². The van der Waals surface area contributed by atoms with Crippen LogP contribution in [0.25, 0.3) is 6.08 Å². The highest BCUT2D eigenvalue weighted by Crippen LogP contribution is 2.27. The third kappa shape index (κ3) is 4.15. The summed E-state index contributed by atoms with van der Waals surface area (Å²) < 4.78 is 13.4. The molecule has 0 fully saturated rings. The van der Waals surface area contributed by atoms with Gasteiger partial charge in [0.2, 0.25) is 5.78 Å². The third-order valence-corrected chi connectivity index (χ3v) is 4.53. The maximum absolute atomic E-state index is 13.4. The number of fused-ring (bicyclic) bond motifs is 1. The number of halogens is 1. The highest BCUT2D eigenvalue weighted by molar-refractivity contribution is 6.36. The van der Waals surface area contributed by atoms with Crippen molar-refractivity contribution in [2.75, 3.05) is 5.32 Å². The molecule has 1 aliphatic heterocycles. The second-order valence-electron chi connectivity index (χ2n) is 6.62. The normalized spacial score (nSPS) is 14.0. The van der Waals surface area contributed by atoms with Crippen LogP contribution in [0.1, 0.15) is 27.0 Å². The van der Waals surface area contributed by atoms with Crippen LogP contribution in [-0.4, -0.2) is 11.7 Å². The zero-order valence-corrected chi connectivity index (χ0v) is 15.4. The molecule has 3 aromatic carbocycles. The van der Waals surface area contributed by atoms with E-state index < -0.39 is 17.5 Å². The van der Waals surface area contributed by atoms with Crippen LogP contribution in [0.4, 0.5) is 10.1 Å². The zero-order chi connectivity index (χ0) is 20.2. The molecule has 0 aromatic heterocycles. The quantitative estimate of drug-likeness (QED) is 0.399. The first-order valence-corrected chi connectivity index (χ1v) is 9.10. The molecule has 0 saturated heterocycles. The van der Waals surface area contributed by atoms with E-state index in [1.807, 2.05) is 30.3 Å². The van der Waals surface area contributed by atoms with Crippen LogP contribution in [0.5, 0.6) is 0 Å². The molecule has 1 amide bonds. The van der Waals surface area contributed by atoms with Crippen molar-refractivity contribution < 1.29 is 14.0 Å². The van der Waals surface area contributed by atoms with Gasteiger partial charge in [-0.3, -0.25) is 9.59 Å². The molecule has 0 aliphatic carbocycles. The summed E-state index contributed by atoms with van der Waals surface area (Å²) in [6.45, 7) is 0. The van der Waals surface area contributed by atoms with Gasteiger partial charge in [-0.1, -0.05) is 54.3 Å². The van der Waals surface area contributed by atoms with Crippen LogP contribution < -0.4 is 5.32 Å². The van der Waals surface area contributed by atoms with Crippen molar-refractivity contribution in [2.24, 2.45) is 0 Å². The summed E-state index contributed by atoms with van der Waals surface area (Å²) in [5.74, 6) is 4.82. The molecule has 0 atom stereocenters. The number of hydrogen-bond acceptors (Lipinski definition) is 2. The van der Waals surface area contributed by atoms with Gasteiger partial charge >= 0.3 is 0 Å². The molecule has 29 heavy (non-hydrogen) atoms. The van der Waals surface area contributed by atoms with Crippen molar-refractivity contribution in [3.05, 3.63) is 106 Å². The van der Waals surface area contributed by atoms with Crippen LogP contribution in [0.2, 0.25) is 0 Å². The molecule has 0 spiro atoms. The molecule has 1 heterocycles. The maximum Gasteiger partial charge on any atom is 0.259 e. The van der Waals surface area contributed by atoms with Gasteiger partial charge in [0.1, 0.15) is 5.82 Å². The summed E-state index contributed by atoms with van der Waals surface area (Å²) in [7, 11) is 0. The van der Waals surface area contributed by atoms with Gasteiger partial charge in [-0.25, -0.2) is 4.39 Å². The van der Waals surface area contributed by atoms with Crippen molar-refractivity contribution in [2.45, 2.75) is 6.42 Å². The van der Waals surface area contributed by atoms with E-state index in [4.69, 9.17) is 0 Å². The first kappa shape index (κ1) is 18.4. The van der Waals surface area contributed by atoms with E-state index in [-0.39, 0.29) is 5.57 Å². The molecule has 0 radical (unpaired) electrons. The summed E-state index contributed by atoms with van der Waals surface area (Å²) in [5, 5.41) is 2.71. The fourth-order valence-electron chi connectivity index (χ4n) is 3.10. The summed E-state index contributed by atoms with van der Waals surface area (Å²) in [4.78, 5) is 25.2. The lowest BCUT2D eigenvalue weighted by Gasteiger charge is -2.18. The van der Waals surface area contributed by atoms with Gasteiger partial charge in [-0.15, -0.1) is 0 Å². The fraction of sp³-hybridized carbons (Fsp3) is 0.0400. The lowest BCUT2D eigenvalue weighted by atomic mass is 9.93. The minimum Gasteiger partial charge on any atom is -0.321 e. The monoisotopic (exact) mass is 381 g/mol. The maximum atomic E-state index is 13.4. The Morgan fingerprint density at radius 1 is 0.931 bits per heavy atom. The number of hydrogen-bond donors (Lipinski definition) is 1. The fourth-order valence-corrected chi connectivity index (χ4v) is 3.10. The van der Waals surface area contributed by atoms with Crippen molar-refractivity contribution in [1.82, 2.24) is 0 Å². The van der Waals surface area contributed by atoms with Crippen LogP contribution in [-0.2, 0) is 11.2 Å². The van der Waals surface area contributed by atoms with Crippen LogP contribution in [0, 0.1) is 17.7 Å². The summed E-state index contributed by atoms with van der Waals surface area (Å²) in [6, 6.07) is 20.8. The van der Waals surface area contributed by atoms with Gasteiger partial charge in [0, 0.05) is 17.5 Å². The number of carbonyl (C=O) groups is 2. The second kappa shape index (κ2) is 7.95. The van der Waals surface area contributed by atoms with E-state index in [1.165, 1.54) is 24.3 Å². The van der Waals surface area contributed by atoms with Gasteiger partial charge in [0.25, 0.3) is 5.91 Å². The number of rotatable bonds is 2. The average molecular weight is 381 g/mol.